The molecule has 40 heavy (non-hydrogen) atoms. The maximum absolute atomic E-state index is 14.0. The first-order valence-corrected chi connectivity index (χ1v) is 13.8. The van der Waals surface area contributed by atoms with Crippen molar-refractivity contribution in [2.24, 2.45) is 4.99 Å². The summed E-state index contributed by atoms with van der Waals surface area (Å²) < 4.78 is 15.9. The molecule has 2 aliphatic heterocycles. The molecule has 4 aromatic carbocycles. The topological polar surface area (TPSA) is 56.6 Å². The third-order valence-electron chi connectivity index (χ3n) is 8.08. The first-order chi connectivity index (χ1) is 19.6. The zero-order valence-electron chi connectivity index (χ0n) is 22.1. The van der Waals surface area contributed by atoms with Crippen LogP contribution in [-0.2, 0) is 13.1 Å². The van der Waals surface area contributed by atoms with Crippen molar-refractivity contribution in [1.29, 1.82) is 0 Å². The van der Waals surface area contributed by atoms with Crippen molar-refractivity contribution in [3.05, 3.63) is 130 Å². The van der Waals surface area contributed by atoms with Gasteiger partial charge in [0, 0.05) is 42.5 Å². The minimum atomic E-state index is -0.243. The normalized spacial score (nSPS) is 16.2. The summed E-state index contributed by atoms with van der Waals surface area (Å²) in [5.74, 6) is 0.620. The fourth-order valence-electron chi connectivity index (χ4n) is 6.04. The van der Waals surface area contributed by atoms with Gasteiger partial charge >= 0.3 is 5.69 Å². The van der Waals surface area contributed by atoms with Crippen LogP contribution in [0.1, 0.15) is 35.6 Å². The minimum absolute atomic E-state index is 0.0156. The van der Waals surface area contributed by atoms with E-state index >= 15 is 0 Å². The van der Waals surface area contributed by atoms with Crippen molar-refractivity contribution in [3.8, 4) is 0 Å². The second-order valence-corrected chi connectivity index (χ2v) is 10.7. The lowest BCUT2D eigenvalue weighted by molar-refractivity contribution is 0.180. The van der Waals surface area contributed by atoms with Crippen LogP contribution in [-0.4, -0.2) is 33.4 Å². The van der Waals surface area contributed by atoms with Gasteiger partial charge in [-0.1, -0.05) is 54.6 Å². The SMILES string of the molecule is O=c1[nH]c2ccccc2n1C1CCN(Cc2ccc(C3=Nc4ccc(F)cc4CN3c3ccccc3)cc2)CC1. The lowest BCUT2D eigenvalue weighted by atomic mass is 10.0. The van der Waals surface area contributed by atoms with Gasteiger partial charge < -0.3 is 9.88 Å². The number of hydrogen-bond acceptors (Lipinski definition) is 4. The molecule has 5 aromatic rings. The number of halogens is 1. The summed E-state index contributed by atoms with van der Waals surface area (Å²) in [4.78, 5) is 25.2. The van der Waals surface area contributed by atoms with E-state index in [-0.39, 0.29) is 17.5 Å². The summed E-state index contributed by atoms with van der Waals surface area (Å²) in [5, 5.41) is 0. The summed E-state index contributed by atoms with van der Waals surface area (Å²) in [6.45, 7) is 3.32. The summed E-state index contributed by atoms with van der Waals surface area (Å²) in [6.07, 6.45) is 1.89. The molecule has 0 spiro atoms. The number of para-hydroxylation sites is 3. The molecular formula is C33H30FN5O. The van der Waals surface area contributed by atoms with E-state index in [4.69, 9.17) is 4.99 Å². The zero-order chi connectivity index (χ0) is 27.1. The Kier molecular flexibility index (Phi) is 6.28. The third-order valence-corrected chi connectivity index (χ3v) is 8.08. The molecule has 1 aromatic heterocycles. The Morgan fingerprint density at radius 2 is 1.62 bits per heavy atom. The highest BCUT2D eigenvalue weighted by atomic mass is 19.1. The molecule has 3 heterocycles. The predicted octanol–water partition coefficient (Wildman–Crippen LogP) is 6.40. The van der Waals surface area contributed by atoms with E-state index in [2.05, 4.69) is 51.2 Å². The van der Waals surface area contributed by atoms with Gasteiger partial charge in [0.2, 0.25) is 0 Å². The van der Waals surface area contributed by atoms with Crippen molar-refractivity contribution in [2.45, 2.75) is 32.0 Å². The quantitative estimate of drug-likeness (QED) is 0.285. The Labute approximate surface area is 232 Å². The van der Waals surface area contributed by atoms with Crippen LogP contribution >= 0.6 is 0 Å². The molecule has 1 N–H and O–H groups in total. The smallest absolute Gasteiger partial charge is 0.321 e. The number of aromatic amines is 1. The number of hydrogen-bond donors (Lipinski definition) is 1. The van der Waals surface area contributed by atoms with Gasteiger partial charge in [-0.25, -0.2) is 14.2 Å². The van der Waals surface area contributed by atoms with Crippen molar-refractivity contribution in [2.75, 3.05) is 18.0 Å². The van der Waals surface area contributed by atoms with Gasteiger partial charge in [-0.2, -0.15) is 0 Å². The van der Waals surface area contributed by atoms with Crippen molar-refractivity contribution < 1.29 is 4.39 Å². The van der Waals surface area contributed by atoms with Gasteiger partial charge in [-0.15, -0.1) is 0 Å². The number of nitrogens with zero attached hydrogens (tertiary/aromatic N) is 4. The van der Waals surface area contributed by atoms with Crippen molar-refractivity contribution in [1.82, 2.24) is 14.5 Å². The molecule has 0 unspecified atom stereocenters. The van der Waals surface area contributed by atoms with Crippen LogP contribution in [0.15, 0.2) is 107 Å². The standard InChI is InChI=1S/C33H30FN5O/c34-26-14-15-29-25(20-26)22-38(27-6-2-1-3-7-27)32(35-29)24-12-10-23(11-13-24)21-37-18-16-28(17-19-37)39-31-9-5-4-8-30(31)36-33(39)40/h1-15,20,28H,16-19,21-22H2,(H,36,40). The Morgan fingerprint density at radius 1 is 0.875 bits per heavy atom. The maximum Gasteiger partial charge on any atom is 0.326 e. The number of piperidine rings is 1. The van der Waals surface area contributed by atoms with Gasteiger partial charge in [-0.05, 0) is 60.9 Å². The summed E-state index contributed by atoms with van der Waals surface area (Å²) in [6, 6.07) is 31.7. The zero-order valence-corrected chi connectivity index (χ0v) is 22.1. The summed E-state index contributed by atoms with van der Waals surface area (Å²) in [5.41, 5.74) is 6.86. The largest absolute Gasteiger partial charge is 0.326 e. The van der Waals surface area contributed by atoms with Crippen molar-refractivity contribution in [3.63, 3.8) is 0 Å². The second-order valence-electron chi connectivity index (χ2n) is 10.7. The Bertz CT molecular complexity index is 1750. The number of imidazole rings is 1. The number of anilines is 1. The number of benzene rings is 4. The van der Waals surface area contributed by atoms with E-state index in [0.29, 0.717) is 6.54 Å². The Morgan fingerprint density at radius 3 is 2.42 bits per heavy atom. The molecule has 7 heteroatoms. The monoisotopic (exact) mass is 531 g/mol. The van der Waals surface area contributed by atoms with Crippen LogP contribution in [0.5, 0.6) is 0 Å². The highest BCUT2D eigenvalue weighted by molar-refractivity contribution is 6.12. The van der Waals surface area contributed by atoms with Gasteiger partial charge in [0.15, 0.2) is 0 Å². The number of aromatic nitrogens is 2. The van der Waals surface area contributed by atoms with Crippen LogP contribution in [0, 0.1) is 5.82 Å². The molecule has 2 aliphatic rings. The maximum atomic E-state index is 14.0. The second kappa shape index (κ2) is 10.2. The van der Waals surface area contributed by atoms with Gasteiger partial charge in [-0.3, -0.25) is 9.47 Å². The molecule has 0 atom stereocenters. The molecule has 0 bridgehead atoms. The molecule has 0 amide bonds. The highest BCUT2D eigenvalue weighted by Gasteiger charge is 2.25. The number of amidine groups is 1. The highest BCUT2D eigenvalue weighted by Crippen LogP contribution is 2.32. The lowest BCUT2D eigenvalue weighted by Crippen LogP contribution is -2.36. The Balaban J connectivity index is 1.07. The number of nitrogens with one attached hydrogen (secondary N) is 1. The number of H-pyrrole nitrogens is 1. The van der Waals surface area contributed by atoms with Gasteiger partial charge in [0.1, 0.15) is 11.7 Å². The number of fused-ring (bicyclic) bond motifs is 2. The fraction of sp³-hybridized carbons (Fsp3) is 0.212. The molecular weight excluding hydrogens is 501 g/mol. The molecule has 0 aliphatic carbocycles. The van der Waals surface area contributed by atoms with Crippen LogP contribution < -0.4 is 10.6 Å². The van der Waals surface area contributed by atoms with E-state index < -0.39 is 0 Å². The molecule has 0 saturated carbocycles. The molecule has 7 rings (SSSR count). The molecule has 0 radical (unpaired) electrons. The molecule has 1 fully saturated rings. The van der Waals surface area contributed by atoms with E-state index in [0.717, 1.165) is 71.8 Å². The fourth-order valence-corrected chi connectivity index (χ4v) is 6.04. The van der Waals surface area contributed by atoms with Gasteiger partial charge in [0.05, 0.1) is 23.3 Å². The Hall–Kier alpha value is -4.49. The number of rotatable bonds is 5. The predicted molar refractivity (Wildman–Crippen MR) is 158 cm³/mol. The molecule has 1 saturated heterocycles. The van der Waals surface area contributed by atoms with Gasteiger partial charge in [0.25, 0.3) is 0 Å². The van der Waals surface area contributed by atoms with Crippen LogP contribution in [0.2, 0.25) is 0 Å². The average Bonchev–Trinajstić information content (AvgIpc) is 3.33. The number of likely N-dealkylation sites (tertiary alicyclic amines) is 1. The third kappa shape index (κ3) is 4.62. The van der Waals surface area contributed by atoms with E-state index in [1.54, 1.807) is 12.1 Å². The van der Waals surface area contributed by atoms with E-state index in [1.165, 1.54) is 11.6 Å². The molecule has 200 valence electrons. The van der Waals surface area contributed by atoms with Crippen LogP contribution in [0.3, 0.4) is 0 Å². The summed E-state index contributed by atoms with van der Waals surface area (Å²) >= 11 is 0. The van der Waals surface area contributed by atoms with Crippen LogP contribution in [0.4, 0.5) is 15.8 Å². The summed E-state index contributed by atoms with van der Waals surface area (Å²) in [7, 11) is 0. The minimum Gasteiger partial charge on any atom is -0.321 e. The first kappa shape index (κ1) is 24.5. The molecule has 6 nitrogen and oxygen atoms in total. The van der Waals surface area contributed by atoms with Crippen molar-refractivity contribution >= 4 is 28.2 Å². The van der Waals surface area contributed by atoms with E-state index in [1.807, 2.05) is 47.0 Å². The lowest BCUT2D eigenvalue weighted by Gasteiger charge is -2.33. The number of aliphatic imine (C=N–C) groups is 1. The van der Waals surface area contributed by atoms with E-state index in [9.17, 15) is 9.18 Å². The average molecular weight is 532 g/mol. The van der Waals surface area contributed by atoms with Crippen LogP contribution in [0.25, 0.3) is 11.0 Å². The first-order valence-electron chi connectivity index (χ1n) is 13.8.